The van der Waals surface area contributed by atoms with E-state index in [1.165, 1.54) is 10.5 Å². The van der Waals surface area contributed by atoms with E-state index in [-0.39, 0.29) is 0 Å². The van der Waals surface area contributed by atoms with E-state index in [0.29, 0.717) is 23.7 Å². The van der Waals surface area contributed by atoms with Crippen LogP contribution in [0.25, 0.3) is 0 Å². The first kappa shape index (κ1) is 17.9. The normalized spacial score (nSPS) is 16.7. The van der Waals surface area contributed by atoms with Crippen molar-refractivity contribution in [2.24, 2.45) is 0 Å². The topological polar surface area (TPSA) is 51.1 Å². The van der Waals surface area contributed by atoms with Crippen molar-refractivity contribution in [3.63, 3.8) is 0 Å². The Morgan fingerprint density at radius 2 is 1.64 bits per heavy atom. The van der Waals surface area contributed by atoms with E-state index in [1.807, 2.05) is 6.07 Å². The molecule has 1 N–H and O–H groups in total. The SMILES string of the molecule is COc1ccc(S(=O)(=O)N2CC[NH+](CCc3ccccc3)CC2)cc1. The number of sulfonamides is 1. The molecule has 1 heterocycles. The molecule has 0 bridgehead atoms. The highest BCUT2D eigenvalue weighted by atomic mass is 32.2. The molecule has 3 rings (SSSR count). The molecule has 1 aliphatic heterocycles. The van der Waals surface area contributed by atoms with Gasteiger partial charge in [-0.2, -0.15) is 4.31 Å². The first-order valence-electron chi connectivity index (χ1n) is 8.61. The van der Waals surface area contributed by atoms with Gasteiger partial charge in [-0.25, -0.2) is 8.42 Å². The Labute approximate surface area is 149 Å². The van der Waals surface area contributed by atoms with Gasteiger partial charge in [0.05, 0.1) is 44.7 Å². The van der Waals surface area contributed by atoms with Crippen LogP contribution in [-0.4, -0.2) is 52.6 Å². The predicted molar refractivity (Wildman–Crippen MR) is 97.5 cm³/mol. The number of quaternary nitrogens is 1. The summed E-state index contributed by atoms with van der Waals surface area (Å²) < 4.78 is 32.2. The average molecular weight is 361 g/mol. The second-order valence-corrected chi connectivity index (χ2v) is 8.25. The van der Waals surface area contributed by atoms with Crippen LogP contribution in [0.4, 0.5) is 0 Å². The monoisotopic (exact) mass is 361 g/mol. The van der Waals surface area contributed by atoms with E-state index in [4.69, 9.17) is 4.74 Å². The lowest BCUT2D eigenvalue weighted by Crippen LogP contribution is -3.15. The highest BCUT2D eigenvalue weighted by Crippen LogP contribution is 2.19. The molecule has 2 aromatic rings. The zero-order chi connectivity index (χ0) is 17.7. The number of nitrogens with one attached hydrogen (secondary N) is 1. The highest BCUT2D eigenvalue weighted by Gasteiger charge is 2.30. The van der Waals surface area contributed by atoms with E-state index in [0.717, 1.165) is 26.1 Å². The van der Waals surface area contributed by atoms with E-state index >= 15 is 0 Å². The summed E-state index contributed by atoms with van der Waals surface area (Å²) in [6, 6.07) is 17.0. The van der Waals surface area contributed by atoms with Crippen LogP contribution in [0.2, 0.25) is 0 Å². The van der Waals surface area contributed by atoms with Gasteiger partial charge in [-0.3, -0.25) is 0 Å². The number of ether oxygens (including phenoxy) is 1. The molecule has 0 amide bonds. The summed E-state index contributed by atoms with van der Waals surface area (Å²) in [4.78, 5) is 1.80. The van der Waals surface area contributed by atoms with Gasteiger partial charge in [-0.1, -0.05) is 30.3 Å². The molecule has 6 heteroatoms. The molecule has 1 aliphatic rings. The van der Waals surface area contributed by atoms with E-state index in [1.54, 1.807) is 35.7 Å². The molecule has 2 aromatic carbocycles. The van der Waals surface area contributed by atoms with Gasteiger partial charge in [-0.05, 0) is 29.8 Å². The molecule has 0 saturated carbocycles. The number of hydrogen-bond donors (Lipinski definition) is 1. The minimum Gasteiger partial charge on any atom is -0.497 e. The Morgan fingerprint density at radius 3 is 2.24 bits per heavy atom. The van der Waals surface area contributed by atoms with Crippen LogP contribution in [0.3, 0.4) is 0 Å². The van der Waals surface area contributed by atoms with E-state index in [9.17, 15) is 8.42 Å². The zero-order valence-corrected chi connectivity index (χ0v) is 15.3. The Balaban J connectivity index is 1.55. The molecule has 25 heavy (non-hydrogen) atoms. The first-order chi connectivity index (χ1) is 12.1. The number of rotatable bonds is 6. The maximum absolute atomic E-state index is 12.7. The van der Waals surface area contributed by atoms with Gasteiger partial charge < -0.3 is 9.64 Å². The Bertz CT molecular complexity index is 768. The molecule has 0 unspecified atom stereocenters. The standard InChI is InChI=1S/C19H24N2O3S/c1-24-18-7-9-19(10-8-18)25(22,23)21-15-13-20(14-16-21)12-11-17-5-3-2-4-6-17/h2-10H,11-16H2,1H3/p+1. The first-order valence-corrected chi connectivity index (χ1v) is 10.1. The van der Waals surface area contributed by atoms with E-state index in [2.05, 4.69) is 24.3 Å². The fourth-order valence-corrected chi connectivity index (χ4v) is 4.60. The number of benzene rings is 2. The molecular weight excluding hydrogens is 336 g/mol. The van der Waals surface area contributed by atoms with Gasteiger partial charge >= 0.3 is 0 Å². The molecule has 0 radical (unpaired) electrons. The number of nitrogens with zero attached hydrogens (tertiary/aromatic N) is 1. The molecule has 1 saturated heterocycles. The molecule has 0 aromatic heterocycles. The molecule has 0 aliphatic carbocycles. The largest absolute Gasteiger partial charge is 0.497 e. The second kappa shape index (κ2) is 7.99. The van der Waals surface area contributed by atoms with Gasteiger partial charge in [0, 0.05) is 6.42 Å². The summed E-state index contributed by atoms with van der Waals surface area (Å²) in [6.07, 6.45) is 1.03. The second-order valence-electron chi connectivity index (χ2n) is 6.32. The minimum atomic E-state index is -3.41. The van der Waals surface area contributed by atoms with Crippen LogP contribution < -0.4 is 9.64 Å². The van der Waals surface area contributed by atoms with Crippen LogP contribution in [0.5, 0.6) is 5.75 Å². The fourth-order valence-electron chi connectivity index (χ4n) is 3.16. The lowest BCUT2D eigenvalue weighted by Gasteiger charge is -2.31. The van der Waals surface area contributed by atoms with Crippen molar-refractivity contribution < 1.29 is 18.1 Å². The third-order valence-corrected chi connectivity index (χ3v) is 6.65. The Morgan fingerprint density at radius 1 is 1.00 bits per heavy atom. The summed E-state index contributed by atoms with van der Waals surface area (Å²) in [5.74, 6) is 0.661. The Hall–Kier alpha value is -1.89. The number of methoxy groups -OCH3 is 1. The third-order valence-electron chi connectivity index (χ3n) is 4.74. The average Bonchev–Trinajstić information content (AvgIpc) is 2.67. The highest BCUT2D eigenvalue weighted by molar-refractivity contribution is 7.89. The summed E-state index contributed by atoms with van der Waals surface area (Å²) >= 11 is 0. The zero-order valence-electron chi connectivity index (χ0n) is 14.5. The number of hydrogen-bond acceptors (Lipinski definition) is 3. The minimum absolute atomic E-state index is 0.334. The third kappa shape index (κ3) is 4.39. The maximum atomic E-state index is 12.7. The predicted octanol–water partition coefficient (Wildman–Crippen LogP) is 0.827. The quantitative estimate of drug-likeness (QED) is 0.829. The molecule has 0 spiro atoms. The van der Waals surface area contributed by atoms with Gasteiger partial charge in [0.2, 0.25) is 10.0 Å². The molecule has 5 nitrogen and oxygen atoms in total. The fraction of sp³-hybridized carbons (Fsp3) is 0.368. The summed E-state index contributed by atoms with van der Waals surface area (Å²) in [5, 5.41) is 0. The molecule has 134 valence electrons. The Kier molecular flexibility index (Phi) is 5.73. The summed E-state index contributed by atoms with van der Waals surface area (Å²) in [5.41, 5.74) is 1.34. The van der Waals surface area contributed by atoms with Crippen LogP contribution in [-0.2, 0) is 16.4 Å². The van der Waals surface area contributed by atoms with Crippen molar-refractivity contribution in [1.82, 2.24) is 4.31 Å². The van der Waals surface area contributed by atoms with Gasteiger partial charge in [0.1, 0.15) is 5.75 Å². The van der Waals surface area contributed by atoms with Gasteiger partial charge in [0.15, 0.2) is 0 Å². The van der Waals surface area contributed by atoms with Gasteiger partial charge in [0.25, 0.3) is 0 Å². The van der Waals surface area contributed by atoms with Crippen molar-refractivity contribution in [3.8, 4) is 5.75 Å². The van der Waals surface area contributed by atoms with Crippen molar-refractivity contribution in [2.45, 2.75) is 11.3 Å². The summed E-state index contributed by atoms with van der Waals surface area (Å²) in [6.45, 7) is 3.88. The van der Waals surface area contributed by atoms with E-state index < -0.39 is 10.0 Å². The van der Waals surface area contributed by atoms with Crippen molar-refractivity contribution in [2.75, 3.05) is 39.8 Å². The molecule has 0 atom stereocenters. The van der Waals surface area contributed by atoms with Gasteiger partial charge in [-0.15, -0.1) is 0 Å². The van der Waals surface area contributed by atoms with Crippen LogP contribution in [0.1, 0.15) is 5.56 Å². The number of piperazine rings is 1. The van der Waals surface area contributed by atoms with Crippen LogP contribution in [0, 0.1) is 0 Å². The van der Waals surface area contributed by atoms with Crippen molar-refractivity contribution in [1.29, 1.82) is 0 Å². The van der Waals surface area contributed by atoms with Crippen LogP contribution >= 0.6 is 0 Å². The molecular formula is C19H25N2O3S+. The lowest BCUT2D eigenvalue weighted by molar-refractivity contribution is -0.903. The smallest absolute Gasteiger partial charge is 0.243 e. The maximum Gasteiger partial charge on any atom is 0.243 e. The lowest BCUT2D eigenvalue weighted by atomic mass is 10.1. The molecule has 1 fully saturated rings. The van der Waals surface area contributed by atoms with Crippen molar-refractivity contribution in [3.05, 3.63) is 60.2 Å². The van der Waals surface area contributed by atoms with Crippen molar-refractivity contribution >= 4 is 10.0 Å². The summed E-state index contributed by atoms with van der Waals surface area (Å²) in [7, 11) is -1.84. The van der Waals surface area contributed by atoms with Crippen LogP contribution in [0.15, 0.2) is 59.5 Å².